The summed E-state index contributed by atoms with van der Waals surface area (Å²) in [5.74, 6) is 1.84. The maximum atomic E-state index is 11.5. The third-order valence-corrected chi connectivity index (χ3v) is 7.05. The van der Waals surface area contributed by atoms with Crippen molar-refractivity contribution in [2.75, 3.05) is 28.8 Å². The van der Waals surface area contributed by atoms with Crippen LogP contribution in [0.4, 0.5) is 34.8 Å². The SMILES string of the molecule is CN(c1ccc2c(c1)nc(Nc1cccc(Cl)c1)n2C)c1ccnc(Nc2ccc(CS(C)(=O)=O)cc2)n1. The molecule has 5 rings (SSSR count). The van der Waals surface area contributed by atoms with E-state index in [4.69, 9.17) is 16.6 Å². The number of fused-ring (bicyclic) bond motifs is 1. The second kappa shape index (κ2) is 10.3. The van der Waals surface area contributed by atoms with Crippen LogP contribution in [0.2, 0.25) is 5.02 Å². The molecule has 0 amide bonds. The van der Waals surface area contributed by atoms with Crippen molar-refractivity contribution in [3.63, 3.8) is 0 Å². The molecule has 0 aliphatic carbocycles. The zero-order chi connectivity index (χ0) is 26.9. The van der Waals surface area contributed by atoms with Gasteiger partial charge in [0.1, 0.15) is 5.82 Å². The van der Waals surface area contributed by atoms with Crippen molar-refractivity contribution >= 4 is 67.2 Å². The number of halogens is 1. The van der Waals surface area contributed by atoms with Crippen molar-refractivity contribution in [1.82, 2.24) is 19.5 Å². The third-order valence-electron chi connectivity index (χ3n) is 5.96. The number of rotatable bonds is 8. The van der Waals surface area contributed by atoms with Gasteiger partial charge < -0.3 is 20.1 Å². The van der Waals surface area contributed by atoms with Crippen LogP contribution in [0, 0.1) is 0 Å². The molecule has 0 aliphatic rings. The lowest BCUT2D eigenvalue weighted by Gasteiger charge is -2.19. The van der Waals surface area contributed by atoms with E-state index in [2.05, 4.69) is 20.6 Å². The topological polar surface area (TPSA) is 105 Å². The maximum Gasteiger partial charge on any atom is 0.229 e. The maximum absolute atomic E-state index is 11.5. The van der Waals surface area contributed by atoms with Crippen LogP contribution in [0.3, 0.4) is 0 Å². The van der Waals surface area contributed by atoms with Gasteiger partial charge in [0.05, 0.1) is 16.8 Å². The summed E-state index contributed by atoms with van der Waals surface area (Å²) in [4.78, 5) is 15.7. The van der Waals surface area contributed by atoms with Crippen LogP contribution >= 0.6 is 11.6 Å². The Kier molecular flexibility index (Phi) is 6.92. The molecule has 0 saturated heterocycles. The minimum atomic E-state index is -3.09. The molecule has 0 atom stereocenters. The first-order valence-electron chi connectivity index (χ1n) is 11.7. The van der Waals surface area contributed by atoms with Gasteiger partial charge in [0.2, 0.25) is 11.9 Å². The Balaban J connectivity index is 1.34. The zero-order valence-electron chi connectivity index (χ0n) is 21.1. The van der Waals surface area contributed by atoms with Gasteiger partial charge in [0.15, 0.2) is 9.84 Å². The highest BCUT2D eigenvalue weighted by atomic mass is 35.5. The van der Waals surface area contributed by atoms with Gasteiger partial charge in [-0.25, -0.2) is 18.4 Å². The van der Waals surface area contributed by atoms with Crippen LogP contribution < -0.4 is 15.5 Å². The van der Waals surface area contributed by atoms with E-state index in [1.165, 1.54) is 6.26 Å². The van der Waals surface area contributed by atoms with E-state index in [0.29, 0.717) is 22.7 Å². The lowest BCUT2D eigenvalue weighted by atomic mass is 10.2. The molecule has 3 aromatic carbocycles. The first-order chi connectivity index (χ1) is 18.1. The Hall–Kier alpha value is -4.15. The number of imidazole rings is 1. The highest BCUT2D eigenvalue weighted by Gasteiger charge is 2.13. The molecule has 11 heteroatoms. The smallest absolute Gasteiger partial charge is 0.229 e. The zero-order valence-corrected chi connectivity index (χ0v) is 22.6. The first-order valence-corrected chi connectivity index (χ1v) is 14.2. The molecule has 0 aliphatic heterocycles. The Morgan fingerprint density at radius 2 is 1.74 bits per heavy atom. The molecule has 194 valence electrons. The molecule has 0 unspecified atom stereocenters. The Morgan fingerprint density at radius 1 is 0.947 bits per heavy atom. The minimum absolute atomic E-state index is 0.00281. The van der Waals surface area contributed by atoms with E-state index in [-0.39, 0.29) is 5.75 Å². The predicted octanol–water partition coefficient (Wildman–Crippen LogP) is 5.82. The quantitative estimate of drug-likeness (QED) is 0.250. The van der Waals surface area contributed by atoms with E-state index < -0.39 is 9.84 Å². The first kappa shape index (κ1) is 25.5. The second-order valence-corrected chi connectivity index (χ2v) is 11.6. The molecule has 38 heavy (non-hydrogen) atoms. The summed E-state index contributed by atoms with van der Waals surface area (Å²) in [6.45, 7) is 0. The van der Waals surface area contributed by atoms with Crippen LogP contribution in [0.25, 0.3) is 11.0 Å². The molecule has 5 aromatic rings. The number of anilines is 6. The Morgan fingerprint density at radius 3 is 2.47 bits per heavy atom. The van der Waals surface area contributed by atoms with Crippen LogP contribution in [-0.2, 0) is 22.6 Å². The average molecular weight is 548 g/mol. The molecule has 0 bridgehead atoms. The lowest BCUT2D eigenvalue weighted by Crippen LogP contribution is -2.12. The molecular weight excluding hydrogens is 522 g/mol. The van der Waals surface area contributed by atoms with Gasteiger partial charge in [-0.05, 0) is 60.2 Å². The molecule has 0 radical (unpaired) electrons. The number of aryl methyl sites for hydroxylation is 1. The number of aromatic nitrogens is 4. The van der Waals surface area contributed by atoms with Crippen LogP contribution in [0.1, 0.15) is 5.56 Å². The van der Waals surface area contributed by atoms with Crippen molar-refractivity contribution in [3.05, 3.63) is 89.6 Å². The molecule has 2 aromatic heterocycles. The van der Waals surface area contributed by atoms with Crippen molar-refractivity contribution in [3.8, 4) is 0 Å². The fourth-order valence-corrected chi connectivity index (χ4v) is 5.04. The van der Waals surface area contributed by atoms with Gasteiger partial charge in [0, 0.05) is 48.6 Å². The fraction of sp³-hybridized carbons (Fsp3) is 0.148. The highest BCUT2D eigenvalue weighted by molar-refractivity contribution is 7.89. The van der Waals surface area contributed by atoms with E-state index in [1.54, 1.807) is 18.3 Å². The van der Waals surface area contributed by atoms with Crippen LogP contribution in [0.15, 0.2) is 79.0 Å². The number of nitrogens with one attached hydrogen (secondary N) is 2. The van der Waals surface area contributed by atoms with Gasteiger partial charge >= 0.3 is 0 Å². The normalized spacial score (nSPS) is 11.5. The van der Waals surface area contributed by atoms with Gasteiger partial charge in [-0.1, -0.05) is 29.8 Å². The summed E-state index contributed by atoms with van der Waals surface area (Å²) >= 11 is 6.12. The number of sulfone groups is 1. The number of hydrogen-bond donors (Lipinski definition) is 2. The molecule has 2 N–H and O–H groups in total. The monoisotopic (exact) mass is 547 g/mol. The summed E-state index contributed by atoms with van der Waals surface area (Å²) in [6.07, 6.45) is 2.91. The molecule has 0 fully saturated rings. The molecule has 0 spiro atoms. The predicted molar refractivity (Wildman–Crippen MR) is 154 cm³/mol. The largest absolute Gasteiger partial charge is 0.329 e. The Bertz CT molecular complexity index is 1720. The molecule has 0 saturated carbocycles. The molecule has 9 nitrogen and oxygen atoms in total. The average Bonchev–Trinajstić information content (AvgIpc) is 3.18. The third kappa shape index (κ3) is 5.87. The fourth-order valence-electron chi connectivity index (χ4n) is 4.05. The lowest BCUT2D eigenvalue weighted by molar-refractivity contribution is 0.601. The van der Waals surface area contributed by atoms with Crippen LogP contribution in [-0.4, -0.2) is 41.2 Å². The van der Waals surface area contributed by atoms with Gasteiger partial charge in [-0.2, -0.15) is 4.98 Å². The van der Waals surface area contributed by atoms with E-state index >= 15 is 0 Å². The summed E-state index contributed by atoms with van der Waals surface area (Å²) in [6, 6.07) is 22.6. The Labute approximate surface area is 226 Å². The van der Waals surface area contributed by atoms with Crippen molar-refractivity contribution in [2.45, 2.75) is 5.75 Å². The van der Waals surface area contributed by atoms with Gasteiger partial charge in [-0.15, -0.1) is 0 Å². The van der Waals surface area contributed by atoms with E-state index in [1.807, 2.05) is 84.2 Å². The number of hydrogen-bond acceptors (Lipinski definition) is 8. The van der Waals surface area contributed by atoms with Crippen molar-refractivity contribution in [1.29, 1.82) is 0 Å². The van der Waals surface area contributed by atoms with E-state index in [0.717, 1.165) is 33.7 Å². The molecular formula is C27H26ClN7O2S. The number of benzene rings is 3. The minimum Gasteiger partial charge on any atom is -0.329 e. The van der Waals surface area contributed by atoms with Crippen LogP contribution in [0.5, 0.6) is 0 Å². The highest BCUT2D eigenvalue weighted by Crippen LogP contribution is 2.29. The van der Waals surface area contributed by atoms with E-state index in [9.17, 15) is 8.42 Å². The second-order valence-electron chi connectivity index (χ2n) is 8.99. The number of nitrogens with zero attached hydrogens (tertiary/aromatic N) is 5. The summed E-state index contributed by atoms with van der Waals surface area (Å²) in [5.41, 5.74) is 5.08. The van der Waals surface area contributed by atoms with Gasteiger partial charge in [0.25, 0.3) is 0 Å². The van der Waals surface area contributed by atoms with Crippen molar-refractivity contribution in [2.24, 2.45) is 7.05 Å². The standard InChI is InChI=1S/C27H26ClN7O2S/c1-34(25-13-14-29-26(33-25)30-20-9-7-18(8-10-20)17-38(3,36)37)22-11-12-24-23(16-22)32-27(35(24)2)31-21-6-4-5-19(28)15-21/h4-16H,17H2,1-3H3,(H,31,32)(H,29,30,33). The van der Waals surface area contributed by atoms with Gasteiger partial charge in [-0.3, -0.25) is 0 Å². The summed E-state index contributed by atoms with van der Waals surface area (Å²) in [7, 11) is 0.806. The summed E-state index contributed by atoms with van der Waals surface area (Å²) < 4.78 is 25.0. The molecule has 2 heterocycles. The summed E-state index contributed by atoms with van der Waals surface area (Å²) in [5, 5.41) is 7.15. The van der Waals surface area contributed by atoms with Crippen molar-refractivity contribution < 1.29 is 8.42 Å².